The Labute approximate surface area is 147 Å². The third kappa shape index (κ3) is 4.54. The number of benzene rings is 2. The predicted molar refractivity (Wildman–Crippen MR) is 95.3 cm³/mol. The van der Waals surface area contributed by atoms with E-state index in [2.05, 4.69) is 44.0 Å². The molecule has 112 valence electrons. The van der Waals surface area contributed by atoms with Crippen LogP contribution in [0.1, 0.15) is 11.1 Å². The zero-order valence-corrected chi connectivity index (χ0v) is 15.4. The van der Waals surface area contributed by atoms with Gasteiger partial charge in [-0.2, -0.15) is 0 Å². The molecule has 0 heterocycles. The van der Waals surface area contributed by atoms with Crippen LogP contribution in [0.4, 0.5) is 4.39 Å². The van der Waals surface area contributed by atoms with Crippen molar-refractivity contribution in [1.29, 1.82) is 0 Å². The third-order valence-corrected chi connectivity index (χ3v) is 6.24. The molecule has 0 spiro atoms. The van der Waals surface area contributed by atoms with E-state index in [9.17, 15) is 4.39 Å². The Morgan fingerprint density at radius 3 is 2.10 bits per heavy atom. The van der Waals surface area contributed by atoms with Crippen molar-refractivity contribution in [3.05, 3.63) is 70.5 Å². The highest BCUT2D eigenvalue weighted by molar-refractivity contribution is 9.09. The molecule has 0 nitrogen and oxygen atoms in total. The monoisotopic (exact) mass is 432 g/mol. The van der Waals surface area contributed by atoms with Crippen LogP contribution in [0.3, 0.4) is 0 Å². The van der Waals surface area contributed by atoms with Gasteiger partial charge in [-0.15, -0.1) is 0 Å². The fraction of sp³-hybridized carbons (Fsp3) is 0.294. The normalized spacial score (nSPS) is 11.6. The molecule has 0 amide bonds. The van der Waals surface area contributed by atoms with Gasteiger partial charge in [0.2, 0.25) is 0 Å². The zero-order valence-electron chi connectivity index (χ0n) is 11.5. The molecule has 21 heavy (non-hydrogen) atoms. The largest absolute Gasteiger partial charge is 0.205 e. The molecule has 0 aliphatic carbocycles. The van der Waals surface area contributed by atoms with Crippen LogP contribution in [0.2, 0.25) is 5.02 Å². The van der Waals surface area contributed by atoms with Crippen molar-refractivity contribution in [3.63, 3.8) is 0 Å². The summed E-state index contributed by atoms with van der Waals surface area (Å²) < 4.78 is 13.6. The quantitative estimate of drug-likeness (QED) is 0.486. The Balaban J connectivity index is 2.23. The minimum atomic E-state index is -0.355. The average molecular weight is 435 g/mol. The van der Waals surface area contributed by atoms with Crippen molar-refractivity contribution in [2.75, 3.05) is 10.7 Å². The Morgan fingerprint density at radius 2 is 1.52 bits per heavy atom. The standard InChI is InChI=1S/C17H16Br2ClF/c18-11-17(12-19,9-13-4-2-1-3-5-13)10-14-6-7-15(20)16(21)8-14/h1-8H,9-12H2. The van der Waals surface area contributed by atoms with Crippen LogP contribution in [0, 0.1) is 11.2 Å². The third-order valence-electron chi connectivity index (χ3n) is 3.55. The van der Waals surface area contributed by atoms with Crippen LogP contribution in [-0.2, 0) is 12.8 Å². The summed E-state index contributed by atoms with van der Waals surface area (Å²) in [5.74, 6) is -0.355. The minimum Gasteiger partial charge on any atom is -0.205 e. The number of hydrogen-bond acceptors (Lipinski definition) is 0. The second kappa shape index (κ2) is 7.75. The molecule has 0 radical (unpaired) electrons. The van der Waals surface area contributed by atoms with Gasteiger partial charge in [0.05, 0.1) is 5.02 Å². The van der Waals surface area contributed by atoms with Gasteiger partial charge in [0.15, 0.2) is 0 Å². The number of halogens is 4. The highest BCUT2D eigenvalue weighted by Crippen LogP contribution is 2.33. The van der Waals surface area contributed by atoms with Gasteiger partial charge in [-0.1, -0.05) is 79.9 Å². The zero-order chi connectivity index (χ0) is 15.3. The van der Waals surface area contributed by atoms with Crippen LogP contribution in [0.5, 0.6) is 0 Å². The Morgan fingerprint density at radius 1 is 0.905 bits per heavy atom. The van der Waals surface area contributed by atoms with Gasteiger partial charge in [0, 0.05) is 10.7 Å². The highest BCUT2D eigenvalue weighted by atomic mass is 79.9. The Bertz CT molecular complexity index is 583. The molecular weight excluding hydrogens is 418 g/mol. The molecule has 0 saturated heterocycles. The maximum absolute atomic E-state index is 13.6. The van der Waals surface area contributed by atoms with Crippen LogP contribution >= 0.6 is 43.5 Å². The molecule has 0 bridgehead atoms. The Hall–Kier alpha value is -0.380. The average Bonchev–Trinajstić information content (AvgIpc) is 2.51. The molecule has 0 atom stereocenters. The molecule has 0 aliphatic heterocycles. The molecule has 0 fully saturated rings. The number of hydrogen-bond donors (Lipinski definition) is 0. The van der Waals surface area contributed by atoms with Gasteiger partial charge in [-0.25, -0.2) is 4.39 Å². The molecule has 0 aromatic heterocycles. The second-order valence-corrected chi connectivity index (χ2v) is 6.88. The van der Waals surface area contributed by atoms with Gasteiger partial charge in [0.1, 0.15) is 5.82 Å². The van der Waals surface area contributed by atoms with Gasteiger partial charge in [-0.05, 0) is 41.5 Å². The maximum atomic E-state index is 13.6. The van der Waals surface area contributed by atoms with Crippen LogP contribution in [0.15, 0.2) is 48.5 Å². The molecule has 2 aromatic rings. The lowest BCUT2D eigenvalue weighted by atomic mass is 9.80. The summed E-state index contributed by atoms with van der Waals surface area (Å²) in [6.07, 6.45) is 1.71. The lowest BCUT2D eigenvalue weighted by Gasteiger charge is -2.30. The van der Waals surface area contributed by atoms with Gasteiger partial charge in [0.25, 0.3) is 0 Å². The molecule has 0 N–H and O–H groups in total. The SMILES string of the molecule is Fc1cc(CC(CBr)(CBr)Cc2ccccc2)ccc1Cl. The lowest BCUT2D eigenvalue weighted by molar-refractivity contribution is 0.385. The van der Waals surface area contributed by atoms with Crippen molar-refractivity contribution >= 4 is 43.5 Å². The van der Waals surface area contributed by atoms with E-state index in [1.54, 1.807) is 6.07 Å². The second-order valence-electron chi connectivity index (χ2n) is 5.35. The van der Waals surface area contributed by atoms with Gasteiger partial charge in [-0.3, -0.25) is 0 Å². The van der Waals surface area contributed by atoms with Crippen LogP contribution in [-0.4, -0.2) is 10.7 Å². The maximum Gasteiger partial charge on any atom is 0.142 e. The molecule has 2 rings (SSSR count). The van der Waals surface area contributed by atoms with E-state index in [0.717, 1.165) is 29.1 Å². The number of alkyl halides is 2. The summed E-state index contributed by atoms with van der Waals surface area (Å²) in [7, 11) is 0. The van der Waals surface area contributed by atoms with E-state index in [1.165, 1.54) is 11.6 Å². The van der Waals surface area contributed by atoms with Crippen molar-refractivity contribution in [2.45, 2.75) is 12.8 Å². The van der Waals surface area contributed by atoms with Gasteiger partial charge >= 0.3 is 0 Å². The molecule has 0 unspecified atom stereocenters. The fourth-order valence-corrected chi connectivity index (χ4v) is 4.24. The molecule has 4 heteroatoms. The van der Waals surface area contributed by atoms with E-state index in [0.29, 0.717) is 0 Å². The lowest BCUT2D eigenvalue weighted by Crippen LogP contribution is -2.30. The highest BCUT2D eigenvalue weighted by Gasteiger charge is 2.29. The number of rotatable bonds is 6. The molecule has 0 saturated carbocycles. The molecule has 2 aromatic carbocycles. The van der Waals surface area contributed by atoms with Gasteiger partial charge < -0.3 is 0 Å². The first-order valence-electron chi connectivity index (χ1n) is 6.68. The first kappa shape index (κ1) is 17.0. The molecular formula is C17H16Br2ClF. The smallest absolute Gasteiger partial charge is 0.142 e. The minimum absolute atomic E-state index is 0.00161. The summed E-state index contributed by atoms with van der Waals surface area (Å²) in [5, 5.41) is 1.85. The topological polar surface area (TPSA) is 0 Å². The van der Waals surface area contributed by atoms with E-state index in [4.69, 9.17) is 11.6 Å². The van der Waals surface area contributed by atoms with Crippen molar-refractivity contribution in [2.24, 2.45) is 5.41 Å². The van der Waals surface area contributed by atoms with Crippen molar-refractivity contribution in [3.8, 4) is 0 Å². The van der Waals surface area contributed by atoms with Crippen molar-refractivity contribution in [1.82, 2.24) is 0 Å². The summed E-state index contributed by atoms with van der Waals surface area (Å²) in [5.41, 5.74) is 2.25. The van der Waals surface area contributed by atoms with Crippen LogP contribution < -0.4 is 0 Å². The summed E-state index contributed by atoms with van der Waals surface area (Å²) in [6.45, 7) is 0. The van der Waals surface area contributed by atoms with E-state index in [-0.39, 0.29) is 16.3 Å². The summed E-state index contributed by atoms with van der Waals surface area (Å²) >= 11 is 13.0. The summed E-state index contributed by atoms with van der Waals surface area (Å²) in [4.78, 5) is 0. The van der Waals surface area contributed by atoms with Crippen LogP contribution in [0.25, 0.3) is 0 Å². The predicted octanol–water partition coefficient (Wildman–Crippen LogP) is 6.04. The van der Waals surface area contributed by atoms with E-state index >= 15 is 0 Å². The summed E-state index contributed by atoms with van der Waals surface area (Å²) in [6, 6.07) is 15.4. The first-order chi connectivity index (χ1) is 10.1. The Kier molecular flexibility index (Phi) is 6.27. The van der Waals surface area contributed by atoms with E-state index < -0.39 is 0 Å². The molecule has 0 aliphatic rings. The van der Waals surface area contributed by atoms with Crippen molar-refractivity contribution < 1.29 is 4.39 Å². The van der Waals surface area contributed by atoms with E-state index in [1.807, 2.05) is 24.3 Å². The fourth-order valence-electron chi connectivity index (χ4n) is 2.40. The first-order valence-corrected chi connectivity index (χ1v) is 9.30.